The van der Waals surface area contributed by atoms with Gasteiger partial charge in [0.05, 0.1) is 6.61 Å². The van der Waals surface area contributed by atoms with Gasteiger partial charge < -0.3 is 19.7 Å². The van der Waals surface area contributed by atoms with E-state index in [0.717, 1.165) is 12.8 Å². The third kappa shape index (κ3) is 6.92. The van der Waals surface area contributed by atoms with Crippen LogP contribution in [0.5, 0.6) is 5.75 Å². The van der Waals surface area contributed by atoms with Crippen LogP contribution in [0.25, 0.3) is 0 Å². The zero-order valence-corrected chi connectivity index (χ0v) is 17.6. The summed E-state index contributed by atoms with van der Waals surface area (Å²) in [6.07, 6.45) is 0.942. The van der Waals surface area contributed by atoms with Crippen LogP contribution >= 0.6 is 0 Å². The molecule has 0 unspecified atom stereocenters. The summed E-state index contributed by atoms with van der Waals surface area (Å²) in [5.41, 5.74) is 0.962. The van der Waals surface area contributed by atoms with Crippen LogP contribution in [0.2, 0.25) is 0 Å². The number of nitrogens with one attached hydrogen (secondary N) is 1. The van der Waals surface area contributed by atoms with E-state index in [1.54, 1.807) is 62.6 Å². The smallest absolute Gasteiger partial charge is 0.326 e. The van der Waals surface area contributed by atoms with Crippen LogP contribution in [0.15, 0.2) is 54.6 Å². The lowest BCUT2D eigenvalue weighted by Gasteiger charge is -2.21. The Balaban J connectivity index is 1.91. The summed E-state index contributed by atoms with van der Waals surface area (Å²) in [7, 11) is 3.17. The van der Waals surface area contributed by atoms with Gasteiger partial charge in [0.15, 0.2) is 0 Å². The van der Waals surface area contributed by atoms with Crippen molar-refractivity contribution in [1.82, 2.24) is 10.2 Å². The van der Waals surface area contributed by atoms with Crippen molar-refractivity contribution < 1.29 is 23.9 Å². The van der Waals surface area contributed by atoms with E-state index in [1.807, 2.05) is 6.07 Å². The van der Waals surface area contributed by atoms with Gasteiger partial charge in [-0.05, 0) is 30.7 Å². The van der Waals surface area contributed by atoms with Gasteiger partial charge in [0, 0.05) is 25.2 Å². The van der Waals surface area contributed by atoms with Gasteiger partial charge in [-0.15, -0.1) is 0 Å². The van der Waals surface area contributed by atoms with Crippen molar-refractivity contribution in [3.8, 4) is 5.75 Å². The number of unbranched alkanes of at least 4 members (excludes halogenated alkanes) is 1. The van der Waals surface area contributed by atoms with E-state index in [9.17, 15) is 14.4 Å². The molecule has 1 atom stereocenters. The quantitative estimate of drug-likeness (QED) is 0.479. The van der Waals surface area contributed by atoms with Crippen molar-refractivity contribution in [3.63, 3.8) is 0 Å². The van der Waals surface area contributed by atoms with E-state index in [0.29, 0.717) is 23.5 Å². The van der Waals surface area contributed by atoms with Gasteiger partial charge in [0.2, 0.25) is 6.10 Å². The highest BCUT2D eigenvalue weighted by molar-refractivity contribution is 5.96. The van der Waals surface area contributed by atoms with E-state index < -0.39 is 18.0 Å². The van der Waals surface area contributed by atoms with Crippen molar-refractivity contribution in [1.29, 1.82) is 0 Å². The molecule has 30 heavy (non-hydrogen) atoms. The molecule has 0 fully saturated rings. The third-order valence-corrected chi connectivity index (χ3v) is 4.29. The Morgan fingerprint density at radius 2 is 1.67 bits per heavy atom. The highest BCUT2D eigenvalue weighted by Crippen LogP contribution is 2.19. The van der Waals surface area contributed by atoms with Crippen LogP contribution < -0.4 is 10.1 Å². The molecule has 2 rings (SSSR count). The van der Waals surface area contributed by atoms with Crippen LogP contribution in [-0.4, -0.2) is 49.9 Å². The first-order valence-corrected chi connectivity index (χ1v) is 9.89. The molecule has 0 radical (unpaired) electrons. The molecule has 0 saturated heterocycles. The summed E-state index contributed by atoms with van der Waals surface area (Å²) in [6.45, 7) is 2.36. The zero-order chi connectivity index (χ0) is 21.9. The molecule has 0 heterocycles. The lowest BCUT2D eigenvalue weighted by atomic mass is 10.1. The Bertz CT molecular complexity index is 834. The summed E-state index contributed by atoms with van der Waals surface area (Å²) < 4.78 is 10.9. The van der Waals surface area contributed by atoms with Crippen molar-refractivity contribution in [2.24, 2.45) is 0 Å². The molecule has 2 aromatic carbocycles. The van der Waals surface area contributed by atoms with E-state index >= 15 is 0 Å². The second-order valence-electron chi connectivity index (χ2n) is 6.92. The molecule has 0 bridgehead atoms. The minimum atomic E-state index is -1.06. The van der Waals surface area contributed by atoms with Crippen LogP contribution in [0.1, 0.15) is 41.8 Å². The second-order valence-corrected chi connectivity index (χ2v) is 6.92. The monoisotopic (exact) mass is 412 g/mol. The number of hydrogen-bond donors (Lipinski definition) is 1. The third-order valence-electron chi connectivity index (χ3n) is 4.29. The summed E-state index contributed by atoms with van der Waals surface area (Å²) in [6, 6.07) is 15.4. The number of esters is 1. The largest absolute Gasteiger partial charge is 0.494 e. The van der Waals surface area contributed by atoms with E-state index in [1.165, 1.54) is 4.90 Å². The number of carbonyl (C=O) groups excluding carboxylic acids is 3. The van der Waals surface area contributed by atoms with Crippen LogP contribution in [-0.2, 0) is 14.3 Å². The highest BCUT2D eigenvalue weighted by Gasteiger charge is 2.26. The topological polar surface area (TPSA) is 84.9 Å². The van der Waals surface area contributed by atoms with Crippen LogP contribution in [0.3, 0.4) is 0 Å². The van der Waals surface area contributed by atoms with Crippen molar-refractivity contribution in [2.75, 3.05) is 27.2 Å². The van der Waals surface area contributed by atoms with Gasteiger partial charge in [0.1, 0.15) is 12.3 Å². The Kier molecular flexibility index (Phi) is 8.87. The fourth-order valence-electron chi connectivity index (χ4n) is 2.59. The molecular formula is C23H28N2O5. The average molecular weight is 412 g/mol. The summed E-state index contributed by atoms with van der Waals surface area (Å²) >= 11 is 0. The number of benzene rings is 2. The number of ether oxygens (including phenoxy) is 2. The molecule has 0 aromatic heterocycles. The van der Waals surface area contributed by atoms with Crippen molar-refractivity contribution >= 4 is 17.8 Å². The lowest BCUT2D eigenvalue weighted by Crippen LogP contribution is -2.35. The molecular weight excluding hydrogens is 384 g/mol. The molecule has 0 aliphatic carbocycles. The Hall–Kier alpha value is -3.35. The fraction of sp³-hybridized carbons (Fsp3) is 0.348. The van der Waals surface area contributed by atoms with E-state index in [2.05, 4.69) is 12.2 Å². The maximum atomic E-state index is 12.4. The second kappa shape index (κ2) is 11.6. The summed E-state index contributed by atoms with van der Waals surface area (Å²) in [5.74, 6) is -0.791. The minimum absolute atomic E-state index is 0.350. The lowest BCUT2D eigenvalue weighted by molar-refractivity contribution is -0.158. The molecule has 2 amide bonds. The van der Waals surface area contributed by atoms with Crippen molar-refractivity contribution in [2.45, 2.75) is 25.9 Å². The first-order chi connectivity index (χ1) is 14.4. The predicted octanol–water partition coefficient (Wildman–Crippen LogP) is 2.97. The minimum Gasteiger partial charge on any atom is -0.494 e. The molecule has 1 N–H and O–H groups in total. The molecule has 0 aliphatic rings. The number of hydrogen-bond acceptors (Lipinski definition) is 5. The molecule has 0 saturated carbocycles. The molecule has 7 heteroatoms. The number of rotatable bonds is 10. The summed E-state index contributed by atoms with van der Waals surface area (Å²) in [5, 5.41) is 2.52. The maximum Gasteiger partial charge on any atom is 0.326 e. The first kappa shape index (κ1) is 22.9. The molecule has 2 aromatic rings. The average Bonchev–Trinajstić information content (AvgIpc) is 2.76. The summed E-state index contributed by atoms with van der Waals surface area (Å²) in [4.78, 5) is 38.3. The SMILES string of the molecule is CCCCOc1ccc(C(=O)NCC(=O)O[C@@H](C(=O)N(C)C)c2ccccc2)cc1. The standard InChI is InChI=1S/C23H28N2O5/c1-4-5-15-29-19-13-11-18(12-14-19)22(27)24-16-20(26)30-21(23(28)25(2)3)17-9-7-6-8-10-17/h6-14,21H,4-5,15-16H2,1-3H3,(H,24,27)/t21-/m1/s1. The Morgan fingerprint density at radius 3 is 2.27 bits per heavy atom. The maximum absolute atomic E-state index is 12.4. The Labute approximate surface area is 177 Å². The molecule has 160 valence electrons. The number of likely N-dealkylation sites (N-methyl/N-ethyl adjacent to an activating group) is 1. The van der Waals surface area contributed by atoms with Crippen molar-refractivity contribution in [3.05, 3.63) is 65.7 Å². The molecule has 0 aliphatic heterocycles. The zero-order valence-electron chi connectivity index (χ0n) is 17.6. The Morgan fingerprint density at radius 1 is 1.00 bits per heavy atom. The van der Waals surface area contributed by atoms with Gasteiger partial charge in [-0.2, -0.15) is 0 Å². The van der Waals surface area contributed by atoms with Gasteiger partial charge >= 0.3 is 5.97 Å². The molecule has 0 spiro atoms. The number of nitrogens with zero attached hydrogens (tertiary/aromatic N) is 1. The first-order valence-electron chi connectivity index (χ1n) is 9.89. The number of amides is 2. The normalized spacial score (nSPS) is 11.3. The van der Waals surface area contributed by atoms with E-state index in [4.69, 9.17) is 9.47 Å². The van der Waals surface area contributed by atoms with Crippen LogP contribution in [0.4, 0.5) is 0 Å². The van der Waals surface area contributed by atoms with Gasteiger partial charge in [0.25, 0.3) is 11.8 Å². The van der Waals surface area contributed by atoms with E-state index in [-0.39, 0.29) is 12.5 Å². The van der Waals surface area contributed by atoms with Crippen LogP contribution in [0, 0.1) is 0 Å². The molecule has 7 nitrogen and oxygen atoms in total. The van der Waals surface area contributed by atoms with Gasteiger partial charge in [-0.3, -0.25) is 14.4 Å². The fourth-order valence-corrected chi connectivity index (χ4v) is 2.59. The number of carbonyl (C=O) groups is 3. The highest BCUT2D eigenvalue weighted by atomic mass is 16.5. The predicted molar refractivity (Wildman–Crippen MR) is 113 cm³/mol. The van der Waals surface area contributed by atoms with Gasteiger partial charge in [-0.1, -0.05) is 43.7 Å². The van der Waals surface area contributed by atoms with Gasteiger partial charge in [-0.25, -0.2) is 0 Å².